The van der Waals surface area contributed by atoms with Crippen LogP contribution >= 0.6 is 0 Å². The molecule has 3 rings (SSSR count). The molecular weight excluding hydrogens is 344 g/mol. The number of para-hydroxylation sites is 1. The van der Waals surface area contributed by atoms with Crippen molar-refractivity contribution in [2.24, 2.45) is 0 Å². The summed E-state index contributed by atoms with van der Waals surface area (Å²) in [6, 6.07) is 16.1. The van der Waals surface area contributed by atoms with Crippen molar-refractivity contribution in [2.75, 3.05) is 18.2 Å². The first-order valence-corrected chi connectivity index (χ1v) is 8.15. The van der Waals surface area contributed by atoms with E-state index < -0.39 is 5.91 Å². The number of rotatable bonds is 5. The normalized spacial score (nSPS) is 10.1. The third kappa shape index (κ3) is 4.18. The van der Waals surface area contributed by atoms with E-state index in [0.717, 1.165) is 5.69 Å². The molecule has 5 N–H and O–H groups in total. The van der Waals surface area contributed by atoms with Gasteiger partial charge in [0, 0.05) is 18.2 Å². The minimum Gasteiger partial charge on any atom is -0.382 e. The Morgan fingerprint density at radius 3 is 2.52 bits per heavy atom. The van der Waals surface area contributed by atoms with Gasteiger partial charge in [-0.05, 0) is 24.3 Å². The molecule has 1 aromatic heterocycles. The molecule has 8 nitrogen and oxygen atoms in total. The molecule has 2 aromatic carbocycles. The number of benzene rings is 2. The lowest BCUT2D eigenvalue weighted by Gasteiger charge is -2.10. The Labute approximate surface area is 155 Å². The summed E-state index contributed by atoms with van der Waals surface area (Å²) in [5.74, 6) is -0.697. The molecule has 3 aromatic rings. The minimum atomic E-state index is -0.428. The van der Waals surface area contributed by atoms with Crippen molar-refractivity contribution in [3.63, 3.8) is 0 Å². The van der Waals surface area contributed by atoms with Crippen LogP contribution in [0.15, 0.2) is 60.8 Å². The minimum absolute atomic E-state index is 0.0376. The maximum atomic E-state index is 12.4. The quantitative estimate of drug-likeness (QED) is 0.514. The van der Waals surface area contributed by atoms with E-state index in [1.807, 2.05) is 30.3 Å². The molecule has 2 amide bonds. The summed E-state index contributed by atoms with van der Waals surface area (Å²) < 4.78 is 0. The maximum absolute atomic E-state index is 12.4. The molecule has 136 valence electrons. The Morgan fingerprint density at radius 1 is 1.00 bits per heavy atom. The van der Waals surface area contributed by atoms with Gasteiger partial charge in [-0.1, -0.05) is 30.3 Å². The first-order valence-electron chi connectivity index (χ1n) is 8.15. The van der Waals surface area contributed by atoms with Crippen LogP contribution in [0.1, 0.15) is 20.8 Å². The Morgan fingerprint density at radius 2 is 1.78 bits per heavy atom. The summed E-state index contributed by atoms with van der Waals surface area (Å²) in [4.78, 5) is 32.5. The first-order chi connectivity index (χ1) is 13.1. The van der Waals surface area contributed by atoms with Gasteiger partial charge in [0.05, 0.1) is 17.6 Å². The van der Waals surface area contributed by atoms with Crippen molar-refractivity contribution in [3.8, 4) is 11.3 Å². The van der Waals surface area contributed by atoms with Gasteiger partial charge in [0.2, 0.25) is 0 Å². The molecule has 0 aliphatic rings. The van der Waals surface area contributed by atoms with Gasteiger partial charge in [0.1, 0.15) is 0 Å². The van der Waals surface area contributed by atoms with Crippen LogP contribution in [0.3, 0.4) is 0 Å². The number of hydrogen-bond donors (Lipinski definition) is 4. The zero-order valence-corrected chi connectivity index (χ0v) is 14.6. The van der Waals surface area contributed by atoms with Crippen LogP contribution in [0.4, 0.5) is 11.5 Å². The number of aromatic nitrogens is 2. The predicted molar refractivity (Wildman–Crippen MR) is 103 cm³/mol. The highest BCUT2D eigenvalue weighted by Crippen LogP contribution is 2.20. The highest BCUT2D eigenvalue weighted by molar-refractivity contribution is 5.97. The zero-order valence-electron chi connectivity index (χ0n) is 14.6. The molecule has 0 radical (unpaired) electrons. The molecule has 0 spiro atoms. The summed E-state index contributed by atoms with van der Waals surface area (Å²) in [5, 5.41) is 2.47. The van der Waals surface area contributed by atoms with Crippen LogP contribution in [0, 0.1) is 0 Å². The predicted octanol–water partition coefficient (Wildman–Crippen LogP) is 1.84. The molecule has 0 fully saturated rings. The van der Waals surface area contributed by atoms with Crippen molar-refractivity contribution in [2.45, 2.75) is 0 Å². The number of hydrogen-bond acceptors (Lipinski definition) is 6. The Bertz CT molecular complexity index is 975. The van der Waals surface area contributed by atoms with E-state index in [-0.39, 0.29) is 17.4 Å². The second-order valence-electron chi connectivity index (χ2n) is 5.59. The lowest BCUT2D eigenvalue weighted by atomic mass is 10.1. The highest BCUT2D eigenvalue weighted by atomic mass is 16.2. The number of nitrogens with zero attached hydrogens (tertiary/aromatic N) is 2. The maximum Gasteiger partial charge on any atom is 0.273 e. The van der Waals surface area contributed by atoms with E-state index in [4.69, 9.17) is 5.73 Å². The molecule has 0 saturated carbocycles. The fourth-order valence-electron chi connectivity index (χ4n) is 2.37. The van der Waals surface area contributed by atoms with E-state index >= 15 is 0 Å². The number of anilines is 2. The van der Waals surface area contributed by atoms with Crippen LogP contribution in [0.25, 0.3) is 11.3 Å². The molecule has 0 aliphatic carbocycles. The molecule has 8 heteroatoms. The van der Waals surface area contributed by atoms with Crippen LogP contribution in [0.5, 0.6) is 0 Å². The molecular formula is C19H18N6O2. The van der Waals surface area contributed by atoms with Gasteiger partial charge < -0.3 is 11.1 Å². The van der Waals surface area contributed by atoms with E-state index in [1.165, 1.54) is 13.2 Å². The summed E-state index contributed by atoms with van der Waals surface area (Å²) in [6.07, 6.45) is 1.46. The molecule has 0 aliphatic heterocycles. The second kappa shape index (κ2) is 7.96. The van der Waals surface area contributed by atoms with Crippen LogP contribution in [0.2, 0.25) is 0 Å². The zero-order chi connectivity index (χ0) is 19.2. The third-order valence-electron chi connectivity index (χ3n) is 3.76. The number of nitrogen functional groups attached to an aromatic ring is 1. The van der Waals surface area contributed by atoms with Gasteiger partial charge in [-0.3, -0.25) is 20.4 Å². The number of carbonyl (C=O) groups is 2. The fraction of sp³-hybridized carbons (Fsp3) is 0.0526. The van der Waals surface area contributed by atoms with Gasteiger partial charge in [-0.15, -0.1) is 0 Å². The van der Waals surface area contributed by atoms with Crippen molar-refractivity contribution in [3.05, 3.63) is 72.1 Å². The summed E-state index contributed by atoms with van der Waals surface area (Å²) in [6.45, 7) is 0. The van der Waals surface area contributed by atoms with Crippen molar-refractivity contribution >= 4 is 23.3 Å². The number of hydrazine groups is 1. The van der Waals surface area contributed by atoms with Crippen LogP contribution in [-0.4, -0.2) is 28.8 Å². The number of nitrogens with one attached hydrogen (secondary N) is 3. The fourth-order valence-corrected chi connectivity index (χ4v) is 2.37. The number of amides is 2. The van der Waals surface area contributed by atoms with Gasteiger partial charge >= 0.3 is 0 Å². The van der Waals surface area contributed by atoms with Gasteiger partial charge in [-0.2, -0.15) is 0 Å². The summed E-state index contributed by atoms with van der Waals surface area (Å²) in [5.41, 5.74) is 13.5. The molecule has 0 unspecified atom stereocenters. The molecule has 0 atom stereocenters. The molecule has 1 heterocycles. The van der Waals surface area contributed by atoms with Gasteiger partial charge in [0.25, 0.3) is 11.8 Å². The van der Waals surface area contributed by atoms with Crippen LogP contribution in [-0.2, 0) is 0 Å². The Kier molecular flexibility index (Phi) is 5.27. The summed E-state index contributed by atoms with van der Waals surface area (Å²) in [7, 11) is 1.49. The third-order valence-corrected chi connectivity index (χ3v) is 3.76. The van der Waals surface area contributed by atoms with Crippen LogP contribution < -0.4 is 21.9 Å². The van der Waals surface area contributed by atoms with Gasteiger partial charge in [0.15, 0.2) is 11.5 Å². The number of carbonyl (C=O) groups excluding carboxylic acids is 2. The van der Waals surface area contributed by atoms with E-state index in [9.17, 15) is 9.59 Å². The SMILES string of the molecule is CNC(=O)c1nc(-c2cccc(C(=O)NNc3ccccc3)c2)cnc1N. The lowest BCUT2D eigenvalue weighted by Crippen LogP contribution is -2.29. The highest BCUT2D eigenvalue weighted by Gasteiger charge is 2.14. The Balaban J connectivity index is 1.81. The average molecular weight is 362 g/mol. The van der Waals surface area contributed by atoms with E-state index in [2.05, 4.69) is 26.1 Å². The van der Waals surface area contributed by atoms with E-state index in [0.29, 0.717) is 16.8 Å². The monoisotopic (exact) mass is 362 g/mol. The molecule has 0 bridgehead atoms. The second-order valence-corrected chi connectivity index (χ2v) is 5.59. The smallest absolute Gasteiger partial charge is 0.273 e. The lowest BCUT2D eigenvalue weighted by molar-refractivity contribution is 0.0952. The van der Waals surface area contributed by atoms with Crippen molar-refractivity contribution < 1.29 is 9.59 Å². The molecule has 0 saturated heterocycles. The number of nitrogens with two attached hydrogens (primary N) is 1. The first kappa shape index (κ1) is 17.9. The average Bonchev–Trinajstić information content (AvgIpc) is 2.72. The standard InChI is InChI=1S/C19H18N6O2/c1-21-19(27)16-17(20)22-11-15(23-16)12-6-5-7-13(10-12)18(26)25-24-14-8-3-2-4-9-14/h2-11,24H,1H3,(H2,20,22)(H,21,27)(H,25,26). The van der Waals surface area contributed by atoms with Gasteiger partial charge in [-0.25, -0.2) is 9.97 Å². The Hall–Kier alpha value is -3.94. The van der Waals surface area contributed by atoms with Crippen molar-refractivity contribution in [1.29, 1.82) is 0 Å². The molecule has 27 heavy (non-hydrogen) atoms. The van der Waals surface area contributed by atoms with Crippen molar-refractivity contribution in [1.82, 2.24) is 20.7 Å². The van der Waals surface area contributed by atoms with E-state index in [1.54, 1.807) is 24.3 Å². The largest absolute Gasteiger partial charge is 0.382 e. The topological polar surface area (TPSA) is 122 Å². The summed E-state index contributed by atoms with van der Waals surface area (Å²) >= 11 is 0.